The van der Waals surface area contributed by atoms with Gasteiger partial charge in [-0.3, -0.25) is 4.90 Å². The van der Waals surface area contributed by atoms with Crippen LogP contribution >= 0.6 is 0 Å². The maximum atomic E-state index is 12.1. The Labute approximate surface area is 158 Å². The molecule has 0 amide bonds. The first-order chi connectivity index (χ1) is 12.3. The van der Waals surface area contributed by atoms with Gasteiger partial charge in [0.15, 0.2) is 0 Å². The quantitative estimate of drug-likeness (QED) is 0.851. The highest BCUT2D eigenvalue weighted by Gasteiger charge is 2.64. The van der Waals surface area contributed by atoms with Gasteiger partial charge < -0.3 is 9.84 Å². The van der Waals surface area contributed by atoms with Crippen LogP contribution in [-0.4, -0.2) is 34.4 Å². The Kier molecular flexibility index (Phi) is 4.49. The van der Waals surface area contributed by atoms with Gasteiger partial charge in [0.1, 0.15) is 11.8 Å². The van der Waals surface area contributed by atoms with Gasteiger partial charge in [0.05, 0.1) is 6.10 Å². The molecule has 0 aromatic heterocycles. The van der Waals surface area contributed by atoms with E-state index in [4.69, 9.17) is 4.74 Å². The highest BCUT2D eigenvalue weighted by atomic mass is 16.5. The first kappa shape index (κ1) is 18.5. The molecule has 3 fully saturated rings. The highest BCUT2D eigenvalue weighted by Crippen LogP contribution is 2.55. The molecule has 3 heteroatoms. The van der Waals surface area contributed by atoms with E-state index >= 15 is 0 Å². The van der Waals surface area contributed by atoms with Crippen molar-refractivity contribution in [3.63, 3.8) is 0 Å². The smallest absolute Gasteiger partial charge is 0.145 e. The third kappa shape index (κ3) is 2.58. The van der Waals surface area contributed by atoms with E-state index in [0.29, 0.717) is 17.8 Å². The lowest BCUT2D eigenvalue weighted by Gasteiger charge is -2.56. The Morgan fingerprint density at radius 2 is 1.85 bits per heavy atom. The summed E-state index contributed by atoms with van der Waals surface area (Å²) in [5.41, 5.74) is 0.114. The molecule has 3 aliphatic rings. The van der Waals surface area contributed by atoms with E-state index in [-0.39, 0.29) is 23.8 Å². The number of benzene rings is 1. The van der Waals surface area contributed by atoms with Gasteiger partial charge in [-0.25, -0.2) is 0 Å². The van der Waals surface area contributed by atoms with Crippen molar-refractivity contribution in [2.45, 2.75) is 77.4 Å². The summed E-state index contributed by atoms with van der Waals surface area (Å²) in [6.45, 7) is 12.5. The second-order valence-electron chi connectivity index (χ2n) is 9.90. The Bertz CT molecular complexity index is 643. The van der Waals surface area contributed by atoms with E-state index in [2.05, 4.69) is 51.7 Å². The van der Waals surface area contributed by atoms with Gasteiger partial charge in [0.25, 0.3) is 0 Å². The van der Waals surface area contributed by atoms with Crippen molar-refractivity contribution < 1.29 is 9.84 Å². The third-order valence-electron chi connectivity index (χ3n) is 7.66. The maximum Gasteiger partial charge on any atom is 0.145 e. The molecule has 3 nitrogen and oxygen atoms in total. The second kappa shape index (κ2) is 6.32. The van der Waals surface area contributed by atoms with E-state index in [9.17, 15) is 5.11 Å². The van der Waals surface area contributed by atoms with Gasteiger partial charge in [0.2, 0.25) is 0 Å². The van der Waals surface area contributed by atoms with Crippen LogP contribution in [0.5, 0.6) is 0 Å². The standard InChI is InChI=1S/C23H35NO2/c1-15(2)19-14-24-21(23(19,25)17-9-7-6-8-10-17)26-20-13-16(3)11-12-18(20)22(24,4)5/h6-10,15-16,18-21,25H,11-14H2,1-5H3/t16-,18?,19+,20?,21+,23-/m1/s1. The molecule has 2 aliphatic heterocycles. The summed E-state index contributed by atoms with van der Waals surface area (Å²) >= 11 is 0. The zero-order valence-corrected chi connectivity index (χ0v) is 17.0. The Morgan fingerprint density at radius 3 is 2.50 bits per heavy atom. The Balaban J connectivity index is 1.78. The normalized spacial score (nSPS) is 42.5. The van der Waals surface area contributed by atoms with Crippen LogP contribution in [0, 0.1) is 23.7 Å². The minimum Gasteiger partial charge on any atom is -0.381 e. The van der Waals surface area contributed by atoms with Crippen molar-refractivity contribution in [1.29, 1.82) is 0 Å². The van der Waals surface area contributed by atoms with Crippen LogP contribution < -0.4 is 0 Å². The lowest BCUT2D eigenvalue weighted by Crippen LogP contribution is -2.65. The average Bonchev–Trinajstić information content (AvgIpc) is 2.91. The zero-order valence-electron chi connectivity index (χ0n) is 17.0. The maximum absolute atomic E-state index is 12.1. The van der Waals surface area contributed by atoms with Crippen LogP contribution in [0.3, 0.4) is 0 Å². The van der Waals surface area contributed by atoms with Gasteiger partial charge in [-0.1, -0.05) is 57.5 Å². The van der Waals surface area contributed by atoms with Gasteiger partial charge >= 0.3 is 0 Å². The topological polar surface area (TPSA) is 32.7 Å². The number of hydrogen-bond acceptors (Lipinski definition) is 3. The fourth-order valence-corrected chi connectivity index (χ4v) is 6.03. The van der Waals surface area contributed by atoms with E-state index in [1.165, 1.54) is 12.8 Å². The molecule has 2 saturated heterocycles. The van der Waals surface area contributed by atoms with Crippen molar-refractivity contribution >= 4 is 0 Å². The monoisotopic (exact) mass is 357 g/mol. The molecule has 1 saturated carbocycles. The Hall–Kier alpha value is -0.900. The zero-order chi connectivity index (χ0) is 18.7. The summed E-state index contributed by atoms with van der Waals surface area (Å²) in [7, 11) is 0. The molecule has 1 aliphatic carbocycles. The van der Waals surface area contributed by atoms with Crippen LogP contribution in [0.2, 0.25) is 0 Å². The molecule has 6 atom stereocenters. The van der Waals surface area contributed by atoms with Crippen LogP contribution in [0.1, 0.15) is 59.4 Å². The second-order valence-corrected chi connectivity index (χ2v) is 9.90. The minimum atomic E-state index is -0.946. The number of ether oxygens (including phenoxy) is 1. The van der Waals surface area contributed by atoms with Crippen LogP contribution in [0.15, 0.2) is 30.3 Å². The summed E-state index contributed by atoms with van der Waals surface area (Å²) in [4.78, 5) is 2.49. The van der Waals surface area contributed by atoms with Crippen molar-refractivity contribution in [2.75, 3.05) is 6.54 Å². The molecule has 2 unspecified atom stereocenters. The van der Waals surface area contributed by atoms with Crippen molar-refractivity contribution in [2.24, 2.45) is 23.7 Å². The van der Waals surface area contributed by atoms with Crippen molar-refractivity contribution in [3.05, 3.63) is 35.9 Å². The number of hydrogen-bond donors (Lipinski definition) is 1. The summed E-state index contributed by atoms with van der Waals surface area (Å²) in [5, 5.41) is 12.1. The van der Waals surface area contributed by atoms with Crippen molar-refractivity contribution in [3.8, 4) is 0 Å². The molecular formula is C23H35NO2. The predicted molar refractivity (Wildman–Crippen MR) is 105 cm³/mol. The molecule has 144 valence electrons. The number of rotatable bonds is 2. The molecule has 0 spiro atoms. The summed E-state index contributed by atoms with van der Waals surface area (Å²) in [5.74, 6) is 1.84. The molecule has 0 bridgehead atoms. The van der Waals surface area contributed by atoms with Crippen LogP contribution in [-0.2, 0) is 10.3 Å². The number of nitrogens with zero attached hydrogens (tertiary/aromatic N) is 1. The van der Waals surface area contributed by atoms with Crippen LogP contribution in [0.25, 0.3) is 0 Å². The van der Waals surface area contributed by atoms with Crippen LogP contribution in [0.4, 0.5) is 0 Å². The first-order valence-electron chi connectivity index (χ1n) is 10.5. The molecular weight excluding hydrogens is 322 g/mol. The minimum absolute atomic E-state index is 0.0557. The lowest BCUT2D eigenvalue weighted by molar-refractivity contribution is -0.265. The van der Waals surface area contributed by atoms with E-state index in [1.807, 2.05) is 18.2 Å². The predicted octanol–water partition coefficient (Wildman–Crippen LogP) is 4.40. The average molecular weight is 358 g/mol. The van der Waals surface area contributed by atoms with Gasteiger partial charge in [0, 0.05) is 23.9 Å². The van der Waals surface area contributed by atoms with E-state index < -0.39 is 5.60 Å². The van der Waals surface area contributed by atoms with Gasteiger partial charge in [-0.15, -0.1) is 0 Å². The fraction of sp³-hybridized carbons (Fsp3) is 0.739. The molecule has 4 rings (SSSR count). The SMILES string of the molecule is CC(C)[C@@H]1CN2[C@@H](OC3C[C@H](C)CCC3C2(C)C)[C@@]1(O)c1ccccc1. The summed E-state index contributed by atoms with van der Waals surface area (Å²) in [6.07, 6.45) is 3.66. The summed E-state index contributed by atoms with van der Waals surface area (Å²) < 4.78 is 6.75. The number of aliphatic hydroxyl groups is 1. The Morgan fingerprint density at radius 1 is 1.15 bits per heavy atom. The molecule has 1 N–H and O–H groups in total. The van der Waals surface area contributed by atoms with Gasteiger partial charge in [-0.2, -0.15) is 0 Å². The first-order valence-corrected chi connectivity index (χ1v) is 10.5. The highest BCUT2D eigenvalue weighted by molar-refractivity contribution is 5.28. The molecule has 0 radical (unpaired) electrons. The molecule has 1 aromatic carbocycles. The lowest BCUT2D eigenvalue weighted by atomic mass is 9.69. The number of fused-ring (bicyclic) bond motifs is 2. The molecule has 2 heterocycles. The largest absolute Gasteiger partial charge is 0.381 e. The molecule has 1 aromatic rings. The van der Waals surface area contributed by atoms with E-state index in [1.54, 1.807) is 0 Å². The third-order valence-corrected chi connectivity index (χ3v) is 7.66. The molecule has 26 heavy (non-hydrogen) atoms. The summed E-state index contributed by atoms with van der Waals surface area (Å²) in [6, 6.07) is 10.2. The fourth-order valence-electron chi connectivity index (χ4n) is 6.03. The van der Waals surface area contributed by atoms with Gasteiger partial charge in [-0.05, 0) is 44.1 Å². The van der Waals surface area contributed by atoms with Crippen molar-refractivity contribution in [1.82, 2.24) is 4.90 Å². The van der Waals surface area contributed by atoms with E-state index in [0.717, 1.165) is 18.5 Å².